The maximum atomic E-state index is 7.27. The van der Waals surface area contributed by atoms with E-state index in [9.17, 15) is 0 Å². The van der Waals surface area contributed by atoms with Gasteiger partial charge in [-0.15, -0.1) is 0 Å². The first-order chi connectivity index (χ1) is 13.8. The van der Waals surface area contributed by atoms with E-state index in [0.717, 1.165) is 23.0 Å². The molecule has 3 aromatic rings. The molecule has 0 radical (unpaired) electrons. The molecule has 2 unspecified atom stereocenters. The van der Waals surface area contributed by atoms with Crippen LogP contribution in [0.5, 0.6) is 0 Å². The molecule has 3 heteroatoms. The van der Waals surface area contributed by atoms with E-state index in [2.05, 4.69) is 57.3 Å². The number of nitrogens with one attached hydrogen (secondary N) is 1. The van der Waals surface area contributed by atoms with Crippen molar-refractivity contribution in [1.29, 1.82) is 0 Å². The van der Waals surface area contributed by atoms with Crippen LogP contribution in [0.25, 0.3) is 15.7 Å². The van der Waals surface area contributed by atoms with E-state index in [1.165, 1.54) is 61.8 Å². The standard InChI is InChI=1S/C25H27N3/c1-26-21-7-8-25-23(15-21)24(16-27-25)22-14-20(22)17-28-11-9-19(10-12-28)13-18-5-3-2-4-6-18/h2-8,15-16,19-20,22,27H,9-14,17H2. The van der Waals surface area contributed by atoms with Crippen LogP contribution in [-0.4, -0.2) is 29.5 Å². The number of piperidine rings is 1. The lowest BCUT2D eigenvalue weighted by Gasteiger charge is -2.32. The zero-order chi connectivity index (χ0) is 18.9. The van der Waals surface area contributed by atoms with E-state index < -0.39 is 0 Å². The number of hydrogen-bond donors (Lipinski definition) is 1. The average molecular weight is 370 g/mol. The zero-order valence-corrected chi connectivity index (χ0v) is 16.3. The molecule has 142 valence electrons. The molecule has 3 nitrogen and oxygen atoms in total. The van der Waals surface area contributed by atoms with Gasteiger partial charge in [-0.1, -0.05) is 36.4 Å². The Morgan fingerprint density at radius 2 is 1.89 bits per heavy atom. The molecule has 0 amide bonds. The highest BCUT2D eigenvalue weighted by Gasteiger charge is 2.40. The first-order valence-corrected chi connectivity index (χ1v) is 10.5. The SMILES string of the molecule is [C-]#[N+]c1ccc2[nH]cc(C3CC3CN3CCC(Cc4ccccc4)CC3)c2c1. The molecule has 0 bridgehead atoms. The third-order valence-electron chi connectivity index (χ3n) is 6.72. The minimum atomic E-state index is 0.664. The number of H-pyrrole nitrogens is 1. The van der Waals surface area contributed by atoms with Crippen LogP contribution in [0.2, 0.25) is 0 Å². The number of aromatic amines is 1. The molecular formula is C25H27N3. The summed E-state index contributed by atoms with van der Waals surface area (Å²) in [6, 6.07) is 16.9. The molecule has 2 atom stereocenters. The monoisotopic (exact) mass is 369 g/mol. The second-order valence-corrected chi connectivity index (χ2v) is 8.62. The molecule has 1 saturated carbocycles. The van der Waals surface area contributed by atoms with Crippen LogP contribution in [0.15, 0.2) is 54.7 Å². The Morgan fingerprint density at radius 3 is 2.68 bits per heavy atom. The summed E-state index contributed by atoms with van der Waals surface area (Å²) in [5.74, 6) is 2.28. The van der Waals surface area contributed by atoms with Gasteiger partial charge in [0.15, 0.2) is 5.69 Å². The summed E-state index contributed by atoms with van der Waals surface area (Å²) in [4.78, 5) is 9.68. The first kappa shape index (κ1) is 17.5. The highest BCUT2D eigenvalue weighted by atomic mass is 15.1. The van der Waals surface area contributed by atoms with Gasteiger partial charge in [-0.3, -0.25) is 0 Å². The number of nitrogens with zero attached hydrogens (tertiary/aromatic N) is 2. The van der Waals surface area contributed by atoms with Crippen molar-refractivity contribution in [2.24, 2.45) is 11.8 Å². The van der Waals surface area contributed by atoms with Crippen LogP contribution >= 0.6 is 0 Å². The Kier molecular flexibility index (Phi) is 4.66. The van der Waals surface area contributed by atoms with Crippen LogP contribution < -0.4 is 0 Å². The molecule has 2 heterocycles. The topological polar surface area (TPSA) is 23.4 Å². The van der Waals surface area contributed by atoms with Gasteiger partial charge in [0.2, 0.25) is 0 Å². The maximum absolute atomic E-state index is 7.27. The zero-order valence-electron chi connectivity index (χ0n) is 16.3. The number of fused-ring (bicyclic) bond motifs is 1. The van der Waals surface area contributed by atoms with Gasteiger partial charge in [-0.25, -0.2) is 4.85 Å². The smallest absolute Gasteiger partial charge is 0.187 e. The molecule has 1 N–H and O–H groups in total. The number of aromatic nitrogens is 1. The summed E-state index contributed by atoms with van der Waals surface area (Å²) in [5, 5.41) is 1.25. The van der Waals surface area contributed by atoms with E-state index in [4.69, 9.17) is 6.57 Å². The highest BCUT2D eigenvalue weighted by Crippen LogP contribution is 2.50. The molecule has 2 aliphatic rings. The van der Waals surface area contributed by atoms with Gasteiger partial charge in [-0.05, 0) is 85.2 Å². The van der Waals surface area contributed by atoms with E-state index in [0.29, 0.717) is 5.92 Å². The van der Waals surface area contributed by atoms with Crippen molar-refractivity contribution in [2.45, 2.75) is 31.6 Å². The number of likely N-dealkylation sites (tertiary alicyclic amines) is 1. The fraction of sp³-hybridized carbons (Fsp3) is 0.400. The number of hydrogen-bond acceptors (Lipinski definition) is 1. The Morgan fingerprint density at radius 1 is 1.07 bits per heavy atom. The molecule has 1 aliphatic carbocycles. The van der Waals surface area contributed by atoms with E-state index in [1.54, 1.807) is 0 Å². The van der Waals surface area contributed by atoms with Gasteiger partial charge >= 0.3 is 0 Å². The fourth-order valence-corrected chi connectivity index (χ4v) is 4.99. The minimum absolute atomic E-state index is 0.664. The van der Waals surface area contributed by atoms with Crippen molar-refractivity contribution in [3.8, 4) is 0 Å². The lowest BCUT2D eigenvalue weighted by Crippen LogP contribution is -2.35. The van der Waals surface area contributed by atoms with Gasteiger partial charge in [0.1, 0.15) is 0 Å². The summed E-state index contributed by atoms with van der Waals surface area (Å²) in [6.45, 7) is 11.0. The van der Waals surface area contributed by atoms with Crippen LogP contribution in [0.4, 0.5) is 5.69 Å². The van der Waals surface area contributed by atoms with E-state index in [-0.39, 0.29) is 0 Å². The largest absolute Gasteiger partial charge is 0.361 e. The van der Waals surface area contributed by atoms with Crippen molar-refractivity contribution < 1.29 is 0 Å². The van der Waals surface area contributed by atoms with Gasteiger partial charge in [0, 0.05) is 18.3 Å². The van der Waals surface area contributed by atoms with Crippen LogP contribution in [0.1, 0.15) is 36.3 Å². The van der Waals surface area contributed by atoms with Crippen LogP contribution in [0.3, 0.4) is 0 Å². The quantitative estimate of drug-likeness (QED) is 0.566. The van der Waals surface area contributed by atoms with Gasteiger partial charge < -0.3 is 9.88 Å². The maximum Gasteiger partial charge on any atom is 0.187 e. The van der Waals surface area contributed by atoms with Gasteiger partial charge in [-0.2, -0.15) is 0 Å². The van der Waals surface area contributed by atoms with E-state index >= 15 is 0 Å². The molecule has 1 aliphatic heterocycles. The molecule has 2 aromatic carbocycles. The van der Waals surface area contributed by atoms with Crippen molar-refractivity contribution in [3.05, 3.63) is 77.3 Å². The van der Waals surface area contributed by atoms with E-state index in [1.807, 2.05) is 12.1 Å². The Balaban J connectivity index is 1.16. The summed E-state index contributed by atoms with van der Waals surface area (Å²) >= 11 is 0. The Hall–Kier alpha value is -2.57. The normalized spacial score (nSPS) is 23.0. The predicted octanol–water partition coefficient (Wildman–Crippen LogP) is 5.78. The lowest BCUT2D eigenvalue weighted by atomic mass is 9.90. The second kappa shape index (κ2) is 7.45. The lowest BCUT2D eigenvalue weighted by molar-refractivity contribution is 0.177. The second-order valence-electron chi connectivity index (χ2n) is 8.62. The summed E-state index contributed by atoms with van der Waals surface area (Å²) in [6.07, 6.45) is 7.36. The fourth-order valence-electron chi connectivity index (χ4n) is 4.99. The Labute approximate surface area is 167 Å². The van der Waals surface area contributed by atoms with Crippen molar-refractivity contribution >= 4 is 16.6 Å². The van der Waals surface area contributed by atoms with Gasteiger partial charge in [0.25, 0.3) is 0 Å². The van der Waals surface area contributed by atoms with Crippen molar-refractivity contribution in [3.63, 3.8) is 0 Å². The molecule has 2 fully saturated rings. The average Bonchev–Trinajstić information content (AvgIpc) is 3.37. The molecular weight excluding hydrogens is 342 g/mol. The van der Waals surface area contributed by atoms with Crippen molar-refractivity contribution in [1.82, 2.24) is 9.88 Å². The summed E-state index contributed by atoms with van der Waals surface area (Å²) < 4.78 is 0. The minimum Gasteiger partial charge on any atom is -0.361 e. The van der Waals surface area contributed by atoms with Crippen LogP contribution in [-0.2, 0) is 6.42 Å². The Bertz CT molecular complexity index is 990. The molecule has 0 spiro atoms. The molecule has 1 aromatic heterocycles. The third kappa shape index (κ3) is 3.57. The highest BCUT2D eigenvalue weighted by molar-refractivity contribution is 5.87. The number of benzene rings is 2. The van der Waals surface area contributed by atoms with Crippen LogP contribution in [0, 0.1) is 18.4 Å². The van der Waals surface area contributed by atoms with Gasteiger partial charge in [0.05, 0.1) is 6.57 Å². The summed E-state index contributed by atoms with van der Waals surface area (Å²) in [7, 11) is 0. The predicted molar refractivity (Wildman–Crippen MR) is 115 cm³/mol. The summed E-state index contributed by atoms with van der Waals surface area (Å²) in [5.41, 5.74) is 4.81. The number of rotatable bonds is 5. The third-order valence-corrected chi connectivity index (χ3v) is 6.72. The first-order valence-electron chi connectivity index (χ1n) is 10.5. The van der Waals surface area contributed by atoms with Crippen molar-refractivity contribution in [2.75, 3.05) is 19.6 Å². The molecule has 28 heavy (non-hydrogen) atoms. The molecule has 5 rings (SSSR count). The molecule has 1 saturated heterocycles.